The number of aromatic nitrogens is 2. The second-order valence-electron chi connectivity index (χ2n) is 8.12. The van der Waals surface area contributed by atoms with Crippen molar-refractivity contribution in [3.63, 3.8) is 0 Å². The molecule has 0 radical (unpaired) electrons. The number of allylic oxidation sites excluding steroid dienone is 2. The first-order valence-corrected chi connectivity index (χ1v) is 10.0. The van der Waals surface area contributed by atoms with Gasteiger partial charge in [0.15, 0.2) is 0 Å². The molecular formula is C23H33N5O. The van der Waals surface area contributed by atoms with E-state index in [0.29, 0.717) is 17.3 Å². The van der Waals surface area contributed by atoms with Crippen LogP contribution in [0.1, 0.15) is 44.2 Å². The van der Waals surface area contributed by atoms with Crippen molar-refractivity contribution in [2.45, 2.75) is 40.0 Å². The standard InChI is InChI=1S/C16H19N3O.C7H14N2/c1-12-5-14(13-3-4-19(10-13)11-20)7-15(6-12)16-8-17-18(2)9-16;1-5(2)7(9)4-6(3)8/h5-9,11,13H,3-4,10H2,1-2H3;4-5,9H,8H2,1-3H3/b;6-4-,9-7?. The van der Waals surface area contributed by atoms with Crippen LogP contribution in [-0.2, 0) is 11.8 Å². The lowest BCUT2D eigenvalue weighted by molar-refractivity contribution is -0.117. The lowest BCUT2D eigenvalue weighted by Gasteiger charge is -2.13. The minimum Gasteiger partial charge on any atom is -0.402 e. The van der Waals surface area contributed by atoms with E-state index in [0.717, 1.165) is 31.5 Å². The van der Waals surface area contributed by atoms with Crippen LogP contribution in [0, 0.1) is 18.3 Å². The van der Waals surface area contributed by atoms with Gasteiger partial charge >= 0.3 is 0 Å². The number of nitrogens with two attached hydrogens (primary N) is 1. The van der Waals surface area contributed by atoms with Gasteiger partial charge in [0.2, 0.25) is 6.41 Å². The van der Waals surface area contributed by atoms with Gasteiger partial charge in [0, 0.05) is 49.2 Å². The van der Waals surface area contributed by atoms with Crippen LogP contribution in [0.3, 0.4) is 0 Å². The van der Waals surface area contributed by atoms with Gasteiger partial charge in [-0.25, -0.2) is 0 Å². The topological polar surface area (TPSA) is 88.0 Å². The first-order chi connectivity index (χ1) is 13.7. The fourth-order valence-corrected chi connectivity index (χ4v) is 3.35. The van der Waals surface area contributed by atoms with Crippen LogP contribution >= 0.6 is 0 Å². The Morgan fingerprint density at radius 2 is 2.03 bits per heavy atom. The zero-order valence-electron chi connectivity index (χ0n) is 18.1. The van der Waals surface area contributed by atoms with E-state index in [1.54, 1.807) is 13.0 Å². The fraction of sp³-hybridized carbons (Fsp3) is 0.435. The van der Waals surface area contributed by atoms with Gasteiger partial charge in [0.25, 0.3) is 0 Å². The maximum Gasteiger partial charge on any atom is 0.209 e. The molecule has 3 rings (SSSR count). The van der Waals surface area contributed by atoms with Crippen LogP contribution in [0.25, 0.3) is 11.1 Å². The molecule has 1 aromatic heterocycles. The summed E-state index contributed by atoms with van der Waals surface area (Å²) in [6.45, 7) is 9.56. The Morgan fingerprint density at radius 3 is 2.52 bits per heavy atom. The number of nitrogens with zero attached hydrogens (tertiary/aromatic N) is 3. The average molecular weight is 396 g/mol. The highest BCUT2D eigenvalue weighted by Gasteiger charge is 2.23. The molecule has 29 heavy (non-hydrogen) atoms. The number of hydrogen-bond donors (Lipinski definition) is 2. The molecule has 6 nitrogen and oxygen atoms in total. The molecule has 1 aliphatic rings. The Morgan fingerprint density at radius 1 is 1.31 bits per heavy atom. The van der Waals surface area contributed by atoms with Crippen LogP contribution in [0.2, 0.25) is 0 Å². The summed E-state index contributed by atoms with van der Waals surface area (Å²) in [5, 5.41) is 11.6. The first kappa shape index (κ1) is 22.4. The van der Waals surface area contributed by atoms with E-state index >= 15 is 0 Å². The molecule has 3 N–H and O–H groups in total. The quantitative estimate of drug-likeness (QED) is 0.595. The fourth-order valence-electron chi connectivity index (χ4n) is 3.35. The molecule has 1 aromatic carbocycles. The second-order valence-corrected chi connectivity index (χ2v) is 8.12. The molecule has 6 heteroatoms. The minimum absolute atomic E-state index is 0.281. The Labute approximate surface area is 173 Å². The van der Waals surface area contributed by atoms with Crippen LogP contribution in [0.4, 0.5) is 0 Å². The number of rotatable bonds is 5. The SMILES string of the molecule is C/C(N)=C/C(=N)C(C)C.Cc1cc(-c2cnn(C)c2)cc(C2CCN(C=O)C2)c1. The molecule has 1 fully saturated rings. The lowest BCUT2D eigenvalue weighted by Crippen LogP contribution is -2.17. The van der Waals surface area contributed by atoms with Crippen molar-refractivity contribution in [1.29, 1.82) is 5.41 Å². The van der Waals surface area contributed by atoms with Crippen molar-refractivity contribution in [3.8, 4) is 11.1 Å². The summed E-state index contributed by atoms with van der Waals surface area (Å²) >= 11 is 0. The third kappa shape index (κ3) is 6.59. The number of likely N-dealkylation sites (tertiary alicyclic amines) is 1. The molecule has 1 amide bonds. The molecule has 0 saturated carbocycles. The van der Waals surface area contributed by atoms with Crippen molar-refractivity contribution in [2.24, 2.45) is 18.7 Å². The van der Waals surface area contributed by atoms with Crippen LogP contribution in [-0.4, -0.2) is 39.9 Å². The Kier molecular flexibility index (Phi) is 7.76. The second kappa shape index (κ2) is 10.0. The summed E-state index contributed by atoms with van der Waals surface area (Å²) in [5.41, 5.74) is 11.6. The molecular weight excluding hydrogens is 362 g/mol. The molecule has 156 valence electrons. The average Bonchev–Trinajstić information content (AvgIpc) is 3.30. The Balaban J connectivity index is 0.000000284. The maximum atomic E-state index is 10.9. The van der Waals surface area contributed by atoms with Gasteiger partial charge in [-0.3, -0.25) is 9.48 Å². The van der Waals surface area contributed by atoms with E-state index in [2.05, 4.69) is 30.2 Å². The van der Waals surface area contributed by atoms with Crippen LogP contribution in [0.5, 0.6) is 0 Å². The number of carbonyl (C=O) groups is 1. The van der Waals surface area contributed by atoms with E-state index in [4.69, 9.17) is 11.1 Å². The third-order valence-corrected chi connectivity index (χ3v) is 4.98. The Bertz CT molecular complexity index is 877. The summed E-state index contributed by atoms with van der Waals surface area (Å²) in [5.74, 6) is 0.735. The highest BCUT2D eigenvalue weighted by atomic mass is 16.1. The van der Waals surface area contributed by atoms with Gasteiger partial charge in [0.05, 0.1) is 6.20 Å². The predicted octanol–water partition coefficient (Wildman–Crippen LogP) is 3.87. The van der Waals surface area contributed by atoms with Gasteiger partial charge in [-0.15, -0.1) is 0 Å². The van der Waals surface area contributed by atoms with Crippen molar-refractivity contribution >= 4 is 12.1 Å². The lowest BCUT2D eigenvalue weighted by atomic mass is 9.93. The zero-order chi connectivity index (χ0) is 21.6. The minimum atomic E-state index is 0.281. The largest absolute Gasteiger partial charge is 0.402 e. The summed E-state index contributed by atoms with van der Waals surface area (Å²) in [4.78, 5) is 12.7. The number of carbonyl (C=O) groups excluding carboxylic acids is 1. The summed E-state index contributed by atoms with van der Waals surface area (Å²) < 4.78 is 1.82. The molecule has 2 aromatic rings. The maximum absolute atomic E-state index is 10.9. The van der Waals surface area contributed by atoms with Crippen molar-refractivity contribution < 1.29 is 4.79 Å². The molecule has 2 heterocycles. The first-order valence-electron chi connectivity index (χ1n) is 10.0. The molecule has 1 saturated heterocycles. The molecule has 0 aliphatic carbocycles. The molecule has 1 aliphatic heterocycles. The summed E-state index contributed by atoms with van der Waals surface area (Å²) in [7, 11) is 1.93. The molecule has 0 spiro atoms. The van der Waals surface area contributed by atoms with E-state index in [9.17, 15) is 4.79 Å². The number of aryl methyl sites for hydroxylation is 2. The monoisotopic (exact) mass is 395 g/mol. The van der Waals surface area contributed by atoms with Gasteiger partial charge in [-0.2, -0.15) is 5.10 Å². The van der Waals surface area contributed by atoms with Gasteiger partial charge in [-0.1, -0.05) is 37.6 Å². The number of hydrogen-bond acceptors (Lipinski definition) is 4. The summed E-state index contributed by atoms with van der Waals surface area (Å²) in [6.07, 6.45) is 7.62. The summed E-state index contributed by atoms with van der Waals surface area (Å²) in [6, 6.07) is 6.66. The molecule has 1 atom stereocenters. The van der Waals surface area contributed by atoms with Crippen LogP contribution < -0.4 is 5.73 Å². The third-order valence-electron chi connectivity index (χ3n) is 4.98. The highest BCUT2D eigenvalue weighted by Crippen LogP contribution is 2.30. The van der Waals surface area contributed by atoms with E-state index in [1.165, 1.54) is 16.7 Å². The van der Waals surface area contributed by atoms with E-state index < -0.39 is 0 Å². The van der Waals surface area contributed by atoms with Crippen molar-refractivity contribution in [3.05, 3.63) is 53.5 Å². The van der Waals surface area contributed by atoms with Crippen LogP contribution in [0.15, 0.2) is 42.4 Å². The van der Waals surface area contributed by atoms with E-state index in [-0.39, 0.29) is 5.92 Å². The molecule has 1 unspecified atom stereocenters. The van der Waals surface area contributed by atoms with Gasteiger partial charge < -0.3 is 16.0 Å². The number of amides is 1. The predicted molar refractivity (Wildman–Crippen MR) is 119 cm³/mol. The van der Waals surface area contributed by atoms with E-state index in [1.807, 2.05) is 42.9 Å². The Hall–Kier alpha value is -2.89. The van der Waals surface area contributed by atoms with Gasteiger partial charge in [-0.05, 0) is 43.4 Å². The van der Waals surface area contributed by atoms with Gasteiger partial charge in [0.1, 0.15) is 0 Å². The number of benzene rings is 1. The smallest absolute Gasteiger partial charge is 0.209 e. The highest BCUT2D eigenvalue weighted by molar-refractivity contribution is 5.94. The normalized spacial score (nSPS) is 16.6. The molecule has 0 bridgehead atoms. The zero-order valence-corrected chi connectivity index (χ0v) is 18.1. The van der Waals surface area contributed by atoms with Crippen molar-refractivity contribution in [2.75, 3.05) is 13.1 Å². The van der Waals surface area contributed by atoms with Crippen molar-refractivity contribution in [1.82, 2.24) is 14.7 Å². The number of nitrogens with one attached hydrogen (secondary N) is 1.